The van der Waals surface area contributed by atoms with Gasteiger partial charge in [-0.3, -0.25) is 4.90 Å². The Morgan fingerprint density at radius 2 is 2.28 bits per heavy atom. The fraction of sp³-hybridized carbons (Fsp3) is 0.667. The standard InChI is InChI=1S/C12H16Cl2N4/c13-5-10(14)6-17-4-3-11(7-17)18-8-12(15-16-18)9-1-2-9/h5,8-9,11H,1-4,6-7H2. The summed E-state index contributed by atoms with van der Waals surface area (Å²) in [5.41, 5.74) is 2.60. The molecule has 1 aromatic heterocycles. The maximum atomic E-state index is 5.95. The first-order valence-corrected chi connectivity index (χ1v) is 7.16. The summed E-state index contributed by atoms with van der Waals surface area (Å²) in [5, 5.41) is 9.21. The lowest BCUT2D eigenvalue weighted by molar-refractivity contribution is 0.346. The predicted molar refractivity (Wildman–Crippen MR) is 71.9 cm³/mol. The van der Waals surface area contributed by atoms with E-state index in [1.165, 1.54) is 18.4 Å². The molecule has 1 aromatic rings. The van der Waals surface area contributed by atoms with Crippen LogP contribution >= 0.6 is 23.2 Å². The third kappa shape index (κ3) is 2.71. The van der Waals surface area contributed by atoms with Gasteiger partial charge in [-0.15, -0.1) is 5.10 Å². The Morgan fingerprint density at radius 1 is 1.44 bits per heavy atom. The van der Waals surface area contributed by atoms with Crippen molar-refractivity contribution < 1.29 is 0 Å². The molecule has 1 unspecified atom stereocenters. The van der Waals surface area contributed by atoms with Gasteiger partial charge >= 0.3 is 0 Å². The van der Waals surface area contributed by atoms with E-state index in [2.05, 4.69) is 21.4 Å². The first-order valence-electron chi connectivity index (χ1n) is 6.35. The van der Waals surface area contributed by atoms with E-state index in [0.29, 0.717) is 17.0 Å². The molecule has 2 heterocycles. The number of rotatable bonds is 4. The quantitative estimate of drug-likeness (QED) is 0.854. The van der Waals surface area contributed by atoms with Crippen molar-refractivity contribution in [3.63, 3.8) is 0 Å². The molecule has 0 spiro atoms. The summed E-state index contributed by atoms with van der Waals surface area (Å²) in [5.74, 6) is 0.671. The predicted octanol–water partition coefficient (Wildman–Crippen LogP) is 2.72. The number of likely N-dealkylation sites (tertiary alicyclic amines) is 1. The number of hydrogen-bond donors (Lipinski definition) is 0. The van der Waals surface area contributed by atoms with E-state index in [1.807, 2.05) is 4.68 Å². The second-order valence-corrected chi connectivity index (χ2v) is 5.83. The van der Waals surface area contributed by atoms with Gasteiger partial charge in [0.25, 0.3) is 0 Å². The number of aromatic nitrogens is 3. The smallest absolute Gasteiger partial charge is 0.0858 e. The molecule has 1 saturated heterocycles. The van der Waals surface area contributed by atoms with E-state index in [1.54, 1.807) is 0 Å². The molecule has 18 heavy (non-hydrogen) atoms. The van der Waals surface area contributed by atoms with Crippen molar-refractivity contribution in [2.75, 3.05) is 19.6 Å². The van der Waals surface area contributed by atoms with Gasteiger partial charge in [0, 0.05) is 42.3 Å². The molecule has 2 aliphatic rings. The second kappa shape index (κ2) is 5.19. The zero-order valence-corrected chi connectivity index (χ0v) is 11.6. The lowest BCUT2D eigenvalue weighted by Crippen LogP contribution is -2.23. The Hall–Kier alpha value is -0.580. The van der Waals surface area contributed by atoms with E-state index < -0.39 is 0 Å². The van der Waals surface area contributed by atoms with Gasteiger partial charge in [0.15, 0.2) is 0 Å². The Labute approximate surface area is 117 Å². The van der Waals surface area contributed by atoms with Crippen molar-refractivity contribution in [1.82, 2.24) is 19.9 Å². The van der Waals surface area contributed by atoms with E-state index in [-0.39, 0.29) is 0 Å². The van der Waals surface area contributed by atoms with E-state index in [4.69, 9.17) is 23.2 Å². The first kappa shape index (κ1) is 12.5. The average Bonchev–Trinajstić information content (AvgIpc) is 2.92. The highest BCUT2D eigenvalue weighted by Crippen LogP contribution is 2.39. The van der Waals surface area contributed by atoms with Crippen LogP contribution in [0, 0.1) is 0 Å². The van der Waals surface area contributed by atoms with Gasteiger partial charge in [0.1, 0.15) is 0 Å². The van der Waals surface area contributed by atoms with Crippen LogP contribution in [0.4, 0.5) is 0 Å². The minimum atomic E-state index is 0.421. The van der Waals surface area contributed by atoms with Gasteiger partial charge in [-0.1, -0.05) is 28.4 Å². The molecule has 0 aromatic carbocycles. The Morgan fingerprint density at radius 3 is 3.00 bits per heavy atom. The molecular formula is C12H16Cl2N4. The largest absolute Gasteiger partial charge is 0.296 e. The van der Waals surface area contributed by atoms with Crippen molar-refractivity contribution >= 4 is 23.2 Å². The van der Waals surface area contributed by atoms with Crippen LogP contribution in [0.1, 0.15) is 36.9 Å². The molecule has 0 amide bonds. The summed E-state index contributed by atoms with van der Waals surface area (Å²) in [7, 11) is 0. The van der Waals surface area contributed by atoms with Crippen molar-refractivity contribution in [2.45, 2.75) is 31.2 Å². The number of nitrogens with zero attached hydrogens (tertiary/aromatic N) is 4. The van der Waals surface area contributed by atoms with Crippen LogP contribution in [0.25, 0.3) is 0 Å². The molecule has 1 atom stereocenters. The summed E-state index contributed by atoms with van der Waals surface area (Å²) >= 11 is 11.5. The van der Waals surface area contributed by atoms with Crippen LogP contribution in [-0.2, 0) is 0 Å². The maximum absolute atomic E-state index is 5.95. The minimum Gasteiger partial charge on any atom is -0.296 e. The normalized spacial score (nSPS) is 25.9. The molecule has 1 aliphatic carbocycles. The Bertz CT molecular complexity index is 453. The zero-order chi connectivity index (χ0) is 12.5. The van der Waals surface area contributed by atoms with Crippen LogP contribution in [0.3, 0.4) is 0 Å². The summed E-state index contributed by atoms with van der Waals surface area (Å²) < 4.78 is 2.02. The monoisotopic (exact) mass is 286 g/mol. The molecule has 0 N–H and O–H groups in total. The van der Waals surface area contributed by atoms with Crippen molar-refractivity contribution in [2.24, 2.45) is 0 Å². The third-order valence-corrected chi connectivity index (χ3v) is 4.24. The SMILES string of the molecule is ClC=C(Cl)CN1CCC(n2cc(C3CC3)nn2)C1. The summed E-state index contributed by atoms with van der Waals surface area (Å²) in [6.07, 6.45) is 5.75. The number of halogens is 2. The molecule has 4 nitrogen and oxygen atoms in total. The maximum Gasteiger partial charge on any atom is 0.0858 e. The van der Waals surface area contributed by atoms with Gasteiger partial charge in [0.2, 0.25) is 0 Å². The van der Waals surface area contributed by atoms with E-state index >= 15 is 0 Å². The highest BCUT2D eigenvalue weighted by Gasteiger charge is 2.29. The molecule has 2 fully saturated rings. The van der Waals surface area contributed by atoms with Crippen molar-refractivity contribution in [3.05, 3.63) is 22.5 Å². The molecule has 3 rings (SSSR count). The molecule has 98 valence electrons. The topological polar surface area (TPSA) is 34.0 Å². The molecular weight excluding hydrogens is 271 g/mol. The third-order valence-electron chi connectivity index (χ3n) is 3.64. The highest BCUT2D eigenvalue weighted by atomic mass is 35.5. The fourth-order valence-electron chi connectivity index (χ4n) is 2.45. The van der Waals surface area contributed by atoms with Crippen LogP contribution < -0.4 is 0 Å². The fourth-order valence-corrected chi connectivity index (χ4v) is 2.69. The number of hydrogen-bond acceptors (Lipinski definition) is 3. The van der Waals surface area contributed by atoms with Gasteiger partial charge in [0.05, 0.1) is 11.7 Å². The molecule has 6 heteroatoms. The van der Waals surface area contributed by atoms with Gasteiger partial charge in [-0.25, -0.2) is 4.68 Å². The Kier molecular flexibility index (Phi) is 3.59. The lowest BCUT2D eigenvalue weighted by atomic mass is 10.2. The van der Waals surface area contributed by atoms with Crippen LogP contribution in [0.15, 0.2) is 16.8 Å². The molecule has 0 bridgehead atoms. The zero-order valence-electron chi connectivity index (χ0n) is 10.1. The van der Waals surface area contributed by atoms with Crippen molar-refractivity contribution in [1.29, 1.82) is 0 Å². The van der Waals surface area contributed by atoms with Crippen LogP contribution in [-0.4, -0.2) is 39.5 Å². The summed E-state index contributed by atoms with van der Waals surface area (Å²) in [6, 6.07) is 0.421. The Balaban J connectivity index is 1.60. The molecule has 1 saturated carbocycles. The molecule has 0 radical (unpaired) electrons. The van der Waals surface area contributed by atoms with Crippen LogP contribution in [0.2, 0.25) is 0 Å². The lowest BCUT2D eigenvalue weighted by Gasteiger charge is -2.14. The second-order valence-electron chi connectivity index (χ2n) is 5.13. The summed E-state index contributed by atoms with van der Waals surface area (Å²) in [4.78, 5) is 2.30. The van der Waals surface area contributed by atoms with Gasteiger partial charge in [-0.05, 0) is 19.3 Å². The minimum absolute atomic E-state index is 0.421. The van der Waals surface area contributed by atoms with Gasteiger partial charge < -0.3 is 0 Å². The highest BCUT2D eigenvalue weighted by molar-refractivity contribution is 6.36. The van der Waals surface area contributed by atoms with E-state index in [0.717, 1.165) is 31.7 Å². The van der Waals surface area contributed by atoms with Gasteiger partial charge in [-0.2, -0.15) is 0 Å². The first-order chi connectivity index (χ1) is 8.76. The van der Waals surface area contributed by atoms with Crippen LogP contribution in [0.5, 0.6) is 0 Å². The van der Waals surface area contributed by atoms with Crippen molar-refractivity contribution in [3.8, 4) is 0 Å². The van der Waals surface area contributed by atoms with E-state index in [9.17, 15) is 0 Å². The average molecular weight is 287 g/mol. The summed E-state index contributed by atoms with van der Waals surface area (Å²) in [6.45, 7) is 2.73. The molecule has 1 aliphatic heterocycles.